The highest BCUT2D eigenvalue weighted by atomic mass is 19.1. The molecule has 15 heavy (non-hydrogen) atoms. The van der Waals surface area contributed by atoms with Gasteiger partial charge in [0.2, 0.25) is 0 Å². The van der Waals surface area contributed by atoms with E-state index in [0.29, 0.717) is 18.9 Å². The molecule has 1 fully saturated rings. The molecular formula is C12H17FN2. The minimum absolute atomic E-state index is 0.347. The van der Waals surface area contributed by atoms with Crippen molar-refractivity contribution in [3.8, 4) is 0 Å². The number of aryl methyl sites for hydroxylation is 1. The number of pyridine rings is 1. The summed E-state index contributed by atoms with van der Waals surface area (Å²) >= 11 is 0. The fraction of sp³-hybridized carbons (Fsp3) is 0.583. The molecule has 3 heteroatoms. The van der Waals surface area contributed by atoms with Crippen molar-refractivity contribution in [3.05, 3.63) is 29.6 Å². The Bertz CT molecular complexity index is 327. The molecule has 1 N–H and O–H groups in total. The summed E-state index contributed by atoms with van der Waals surface area (Å²) in [6, 6.07) is 4.35. The normalized spacial score (nSPS) is 25.7. The average Bonchev–Trinajstić information content (AvgIpc) is 2.63. The summed E-state index contributed by atoms with van der Waals surface area (Å²) in [5.74, 6) is 0. The molecule has 1 heterocycles. The van der Waals surface area contributed by atoms with E-state index in [2.05, 4.69) is 16.4 Å². The fourth-order valence-corrected chi connectivity index (χ4v) is 2.07. The summed E-state index contributed by atoms with van der Waals surface area (Å²) in [5.41, 5.74) is 2.26. The second kappa shape index (κ2) is 4.71. The molecule has 2 rings (SSSR count). The maximum absolute atomic E-state index is 12.9. The van der Waals surface area contributed by atoms with Gasteiger partial charge in [-0.2, -0.15) is 0 Å². The molecule has 0 amide bonds. The third kappa shape index (κ3) is 2.75. The standard InChI is InChI=1S/C12H17FN2/c1-9-10(3-2-6-14-9)8-15-12-5-4-11(13)7-12/h2-3,6,11-12,15H,4-5,7-8H2,1H3. The van der Waals surface area contributed by atoms with Crippen molar-refractivity contribution in [3.63, 3.8) is 0 Å². The van der Waals surface area contributed by atoms with Crippen LogP contribution in [0.15, 0.2) is 18.3 Å². The van der Waals surface area contributed by atoms with E-state index in [0.717, 1.165) is 18.7 Å². The quantitative estimate of drug-likeness (QED) is 0.825. The maximum atomic E-state index is 12.9. The molecule has 0 bridgehead atoms. The van der Waals surface area contributed by atoms with Gasteiger partial charge in [-0.1, -0.05) is 6.07 Å². The van der Waals surface area contributed by atoms with Gasteiger partial charge in [-0.3, -0.25) is 4.98 Å². The van der Waals surface area contributed by atoms with Crippen LogP contribution in [-0.4, -0.2) is 17.2 Å². The molecule has 1 aliphatic carbocycles. The highest BCUT2D eigenvalue weighted by molar-refractivity contribution is 5.17. The van der Waals surface area contributed by atoms with E-state index in [1.165, 1.54) is 5.56 Å². The number of alkyl halides is 1. The molecular weight excluding hydrogens is 191 g/mol. The highest BCUT2D eigenvalue weighted by Crippen LogP contribution is 2.22. The summed E-state index contributed by atoms with van der Waals surface area (Å²) in [5, 5.41) is 3.39. The first-order valence-corrected chi connectivity index (χ1v) is 5.53. The average molecular weight is 208 g/mol. The Balaban J connectivity index is 1.86. The van der Waals surface area contributed by atoms with E-state index >= 15 is 0 Å². The summed E-state index contributed by atoms with van der Waals surface area (Å²) in [4.78, 5) is 4.23. The fourth-order valence-electron chi connectivity index (χ4n) is 2.07. The van der Waals surface area contributed by atoms with Crippen LogP contribution in [0, 0.1) is 6.92 Å². The van der Waals surface area contributed by atoms with Crippen LogP contribution in [0.4, 0.5) is 4.39 Å². The number of rotatable bonds is 3. The van der Waals surface area contributed by atoms with E-state index in [-0.39, 0.29) is 0 Å². The topological polar surface area (TPSA) is 24.9 Å². The first-order chi connectivity index (χ1) is 7.25. The van der Waals surface area contributed by atoms with E-state index in [9.17, 15) is 4.39 Å². The third-order valence-electron chi connectivity index (χ3n) is 3.07. The van der Waals surface area contributed by atoms with Crippen LogP contribution in [0.5, 0.6) is 0 Å². The Morgan fingerprint density at radius 3 is 3.07 bits per heavy atom. The van der Waals surface area contributed by atoms with Crippen LogP contribution in [0.2, 0.25) is 0 Å². The number of hydrogen-bond acceptors (Lipinski definition) is 2. The van der Waals surface area contributed by atoms with Gasteiger partial charge < -0.3 is 5.32 Å². The zero-order chi connectivity index (χ0) is 10.7. The molecule has 0 radical (unpaired) electrons. The predicted octanol–water partition coefficient (Wildman–Crippen LogP) is 2.37. The van der Waals surface area contributed by atoms with Gasteiger partial charge in [-0.05, 0) is 37.8 Å². The highest BCUT2D eigenvalue weighted by Gasteiger charge is 2.23. The van der Waals surface area contributed by atoms with E-state index in [1.807, 2.05) is 13.0 Å². The van der Waals surface area contributed by atoms with Crippen LogP contribution >= 0.6 is 0 Å². The lowest BCUT2D eigenvalue weighted by Crippen LogP contribution is -2.26. The van der Waals surface area contributed by atoms with E-state index < -0.39 is 6.17 Å². The summed E-state index contributed by atoms with van der Waals surface area (Å²) in [6.07, 6.45) is 3.53. The van der Waals surface area contributed by atoms with Gasteiger partial charge in [0, 0.05) is 24.5 Å². The third-order valence-corrected chi connectivity index (χ3v) is 3.07. The molecule has 1 saturated carbocycles. The second-order valence-corrected chi connectivity index (χ2v) is 4.24. The number of nitrogens with zero attached hydrogens (tertiary/aromatic N) is 1. The summed E-state index contributed by atoms with van der Waals surface area (Å²) in [6.45, 7) is 2.81. The minimum atomic E-state index is -0.600. The van der Waals surface area contributed by atoms with Crippen LogP contribution in [0.3, 0.4) is 0 Å². The zero-order valence-corrected chi connectivity index (χ0v) is 9.04. The van der Waals surface area contributed by atoms with Crippen molar-refractivity contribution in [2.24, 2.45) is 0 Å². The van der Waals surface area contributed by atoms with Gasteiger partial charge in [0.1, 0.15) is 6.17 Å². The molecule has 2 atom stereocenters. The van der Waals surface area contributed by atoms with Gasteiger partial charge in [0.15, 0.2) is 0 Å². The minimum Gasteiger partial charge on any atom is -0.310 e. The Kier molecular flexibility index (Phi) is 3.31. The Morgan fingerprint density at radius 1 is 1.53 bits per heavy atom. The van der Waals surface area contributed by atoms with Gasteiger partial charge in [0.05, 0.1) is 0 Å². The van der Waals surface area contributed by atoms with Crippen LogP contribution < -0.4 is 5.32 Å². The van der Waals surface area contributed by atoms with E-state index in [4.69, 9.17) is 0 Å². The number of nitrogens with one attached hydrogen (secondary N) is 1. The Hall–Kier alpha value is -0.960. The molecule has 82 valence electrons. The van der Waals surface area contributed by atoms with Gasteiger partial charge >= 0.3 is 0 Å². The Labute approximate surface area is 89.9 Å². The van der Waals surface area contributed by atoms with Crippen LogP contribution in [0.25, 0.3) is 0 Å². The number of aromatic nitrogens is 1. The second-order valence-electron chi connectivity index (χ2n) is 4.24. The summed E-state index contributed by atoms with van der Waals surface area (Å²) < 4.78 is 12.9. The lowest BCUT2D eigenvalue weighted by molar-refractivity contribution is 0.333. The lowest BCUT2D eigenvalue weighted by atomic mass is 10.2. The number of halogens is 1. The molecule has 0 spiro atoms. The monoisotopic (exact) mass is 208 g/mol. The smallest absolute Gasteiger partial charge is 0.102 e. The zero-order valence-electron chi connectivity index (χ0n) is 9.04. The van der Waals surface area contributed by atoms with E-state index in [1.54, 1.807) is 6.20 Å². The van der Waals surface area contributed by atoms with Crippen molar-refractivity contribution in [2.75, 3.05) is 0 Å². The molecule has 1 aromatic heterocycles. The molecule has 2 unspecified atom stereocenters. The van der Waals surface area contributed by atoms with Crippen molar-refractivity contribution in [2.45, 2.75) is 44.9 Å². The summed E-state index contributed by atoms with van der Waals surface area (Å²) in [7, 11) is 0. The molecule has 1 aliphatic rings. The van der Waals surface area contributed by atoms with Crippen molar-refractivity contribution in [1.29, 1.82) is 0 Å². The van der Waals surface area contributed by atoms with Crippen molar-refractivity contribution in [1.82, 2.24) is 10.3 Å². The van der Waals surface area contributed by atoms with Crippen molar-refractivity contribution >= 4 is 0 Å². The van der Waals surface area contributed by atoms with Crippen molar-refractivity contribution < 1.29 is 4.39 Å². The molecule has 1 aromatic rings. The Morgan fingerprint density at radius 2 is 2.40 bits per heavy atom. The van der Waals surface area contributed by atoms with Gasteiger partial charge in [0.25, 0.3) is 0 Å². The first kappa shape index (κ1) is 10.6. The molecule has 0 aromatic carbocycles. The lowest BCUT2D eigenvalue weighted by Gasteiger charge is -2.12. The van der Waals surface area contributed by atoms with Crippen LogP contribution in [0.1, 0.15) is 30.5 Å². The molecule has 0 aliphatic heterocycles. The largest absolute Gasteiger partial charge is 0.310 e. The molecule has 2 nitrogen and oxygen atoms in total. The maximum Gasteiger partial charge on any atom is 0.102 e. The van der Waals surface area contributed by atoms with Gasteiger partial charge in [-0.25, -0.2) is 4.39 Å². The number of hydrogen-bond donors (Lipinski definition) is 1. The molecule has 0 saturated heterocycles. The first-order valence-electron chi connectivity index (χ1n) is 5.53. The SMILES string of the molecule is Cc1ncccc1CNC1CCC(F)C1. The van der Waals surface area contributed by atoms with Gasteiger partial charge in [-0.15, -0.1) is 0 Å². The van der Waals surface area contributed by atoms with Crippen LogP contribution in [-0.2, 0) is 6.54 Å². The predicted molar refractivity (Wildman–Crippen MR) is 58.3 cm³/mol.